The Balaban J connectivity index is 1.95. The minimum Gasteiger partial charge on any atom is -0.370 e. The third-order valence-corrected chi connectivity index (χ3v) is 3.51. The Morgan fingerprint density at radius 3 is 2.67 bits per heavy atom. The number of rotatable bonds is 1. The van der Waals surface area contributed by atoms with Gasteiger partial charge in [-0.1, -0.05) is 24.3 Å². The summed E-state index contributed by atoms with van der Waals surface area (Å²) in [5.41, 5.74) is 8.50. The minimum atomic E-state index is -0.353. The number of anilines is 1. The Morgan fingerprint density at radius 1 is 1.10 bits per heavy atom. The molecule has 0 spiro atoms. The van der Waals surface area contributed by atoms with Crippen LogP contribution in [0.4, 0.5) is 10.3 Å². The average Bonchev–Trinajstić information content (AvgIpc) is 2.85. The quantitative estimate of drug-likeness (QED) is 0.720. The first-order valence-electron chi connectivity index (χ1n) is 6.55. The van der Waals surface area contributed by atoms with Gasteiger partial charge in [0.25, 0.3) is 0 Å². The molecule has 0 radical (unpaired) electrons. The van der Waals surface area contributed by atoms with Crippen LogP contribution in [0.5, 0.6) is 0 Å². The van der Waals surface area contributed by atoms with Crippen LogP contribution in [-0.4, -0.2) is 15.5 Å². The van der Waals surface area contributed by atoms with Gasteiger partial charge in [-0.25, -0.2) is 14.4 Å². The molecular formula is C15H12FN5. The lowest BCUT2D eigenvalue weighted by Gasteiger charge is -2.23. The van der Waals surface area contributed by atoms with Crippen molar-refractivity contribution in [2.75, 3.05) is 5.32 Å². The molecule has 0 fully saturated rings. The molecule has 21 heavy (non-hydrogen) atoms. The van der Waals surface area contributed by atoms with Gasteiger partial charge in [-0.2, -0.15) is 0 Å². The Morgan fingerprint density at radius 2 is 1.86 bits per heavy atom. The number of fused-ring (bicyclic) bond motifs is 3. The van der Waals surface area contributed by atoms with E-state index in [4.69, 9.17) is 5.73 Å². The van der Waals surface area contributed by atoms with Crippen molar-refractivity contribution in [1.82, 2.24) is 9.55 Å². The zero-order chi connectivity index (χ0) is 14.4. The van der Waals surface area contributed by atoms with Crippen molar-refractivity contribution in [2.24, 2.45) is 10.7 Å². The van der Waals surface area contributed by atoms with E-state index in [1.165, 1.54) is 12.1 Å². The molecule has 2 aromatic carbocycles. The van der Waals surface area contributed by atoms with E-state index in [0.29, 0.717) is 11.9 Å². The SMILES string of the molecule is NC1=N[C@H](c2ccc(F)cc2)n2c(nc3ccccc32)N1. The van der Waals surface area contributed by atoms with Gasteiger partial charge in [-0.05, 0) is 29.8 Å². The summed E-state index contributed by atoms with van der Waals surface area (Å²) >= 11 is 0. The molecular weight excluding hydrogens is 269 g/mol. The van der Waals surface area contributed by atoms with Crippen LogP contribution < -0.4 is 11.1 Å². The van der Waals surface area contributed by atoms with Crippen LogP contribution in [0.15, 0.2) is 53.5 Å². The molecule has 0 amide bonds. The van der Waals surface area contributed by atoms with E-state index in [1.54, 1.807) is 12.1 Å². The number of benzene rings is 2. The fourth-order valence-corrected chi connectivity index (χ4v) is 2.58. The molecule has 4 rings (SSSR count). The molecule has 1 aromatic heterocycles. The monoisotopic (exact) mass is 281 g/mol. The summed E-state index contributed by atoms with van der Waals surface area (Å²) in [6.07, 6.45) is -0.353. The Kier molecular flexibility index (Phi) is 2.44. The number of aliphatic imine (C=N–C) groups is 1. The summed E-state index contributed by atoms with van der Waals surface area (Å²) < 4.78 is 15.1. The lowest BCUT2D eigenvalue weighted by molar-refractivity contribution is 0.610. The molecule has 3 N–H and O–H groups in total. The molecule has 104 valence electrons. The predicted octanol–water partition coefficient (Wildman–Crippen LogP) is 2.46. The molecule has 3 aromatic rings. The maximum atomic E-state index is 13.1. The summed E-state index contributed by atoms with van der Waals surface area (Å²) in [4.78, 5) is 8.94. The second kappa shape index (κ2) is 4.31. The van der Waals surface area contributed by atoms with Gasteiger partial charge in [0, 0.05) is 0 Å². The molecule has 0 bridgehead atoms. The van der Waals surface area contributed by atoms with E-state index in [9.17, 15) is 4.39 Å². The lowest BCUT2D eigenvalue weighted by Crippen LogP contribution is -2.31. The van der Waals surface area contributed by atoms with Crippen LogP contribution >= 0.6 is 0 Å². The van der Waals surface area contributed by atoms with Crippen LogP contribution in [-0.2, 0) is 0 Å². The van der Waals surface area contributed by atoms with Crippen molar-refractivity contribution < 1.29 is 4.39 Å². The van der Waals surface area contributed by atoms with Crippen molar-refractivity contribution >= 4 is 22.9 Å². The zero-order valence-electron chi connectivity index (χ0n) is 11.0. The first-order chi connectivity index (χ1) is 10.2. The molecule has 0 saturated heterocycles. The highest BCUT2D eigenvalue weighted by Crippen LogP contribution is 2.32. The minimum absolute atomic E-state index is 0.277. The van der Waals surface area contributed by atoms with E-state index >= 15 is 0 Å². The number of guanidine groups is 1. The van der Waals surface area contributed by atoms with Gasteiger partial charge in [0.2, 0.25) is 5.95 Å². The first kappa shape index (κ1) is 11.9. The number of hydrogen-bond acceptors (Lipinski definition) is 4. The smallest absolute Gasteiger partial charge is 0.212 e. The van der Waals surface area contributed by atoms with Gasteiger partial charge >= 0.3 is 0 Å². The van der Waals surface area contributed by atoms with Crippen molar-refractivity contribution in [3.8, 4) is 0 Å². The average molecular weight is 281 g/mol. The standard InChI is InChI=1S/C15H12FN5/c16-10-7-5-9(6-8-10)13-19-14(17)20-15-18-11-3-1-2-4-12(11)21(13)15/h1-8,13H,(H3,17,18,19,20)/t13-/m0/s1. The third kappa shape index (κ3) is 1.84. The van der Waals surface area contributed by atoms with Crippen LogP contribution in [0, 0.1) is 5.82 Å². The highest BCUT2D eigenvalue weighted by molar-refractivity contribution is 5.94. The molecule has 6 heteroatoms. The number of halogens is 1. The van der Waals surface area contributed by atoms with Gasteiger partial charge in [0.15, 0.2) is 12.1 Å². The van der Waals surface area contributed by atoms with Gasteiger partial charge in [-0.15, -0.1) is 0 Å². The maximum Gasteiger partial charge on any atom is 0.212 e. The van der Waals surface area contributed by atoms with E-state index in [-0.39, 0.29) is 12.0 Å². The van der Waals surface area contributed by atoms with E-state index in [0.717, 1.165) is 16.6 Å². The molecule has 1 aliphatic heterocycles. The normalized spacial score (nSPS) is 17.2. The fourth-order valence-electron chi connectivity index (χ4n) is 2.58. The summed E-state index contributed by atoms with van der Waals surface area (Å²) in [6.45, 7) is 0. The second-order valence-electron chi connectivity index (χ2n) is 4.86. The Labute approximate surface area is 119 Å². The molecule has 5 nitrogen and oxygen atoms in total. The zero-order valence-corrected chi connectivity index (χ0v) is 11.0. The number of hydrogen-bond donors (Lipinski definition) is 2. The number of para-hydroxylation sites is 2. The number of imidazole rings is 1. The summed E-state index contributed by atoms with van der Waals surface area (Å²) in [6, 6.07) is 14.0. The summed E-state index contributed by atoms with van der Waals surface area (Å²) in [5, 5.41) is 2.97. The lowest BCUT2D eigenvalue weighted by atomic mass is 10.1. The number of nitrogens with two attached hydrogens (primary N) is 1. The number of aromatic nitrogens is 2. The molecule has 0 unspecified atom stereocenters. The van der Waals surface area contributed by atoms with Crippen molar-refractivity contribution in [1.29, 1.82) is 0 Å². The van der Waals surface area contributed by atoms with Crippen LogP contribution in [0.2, 0.25) is 0 Å². The highest BCUT2D eigenvalue weighted by atomic mass is 19.1. The van der Waals surface area contributed by atoms with Crippen molar-refractivity contribution in [2.45, 2.75) is 6.17 Å². The fraction of sp³-hybridized carbons (Fsp3) is 0.0667. The number of nitrogens with one attached hydrogen (secondary N) is 1. The van der Waals surface area contributed by atoms with Crippen molar-refractivity contribution in [3.05, 3.63) is 59.9 Å². The largest absolute Gasteiger partial charge is 0.370 e. The summed E-state index contributed by atoms with van der Waals surface area (Å²) in [7, 11) is 0. The highest BCUT2D eigenvalue weighted by Gasteiger charge is 2.24. The third-order valence-electron chi connectivity index (χ3n) is 3.51. The predicted molar refractivity (Wildman–Crippen MR) is 79.5 cm³/mol. The van der Waals surface area contributed by atoms with Crippen LogP contribution in [0.3, 0.4) is 0 Å². The molecule has 2 heterocycles. The molecule has 1 aliphatic rings. The first-order valence-corrected chi connectivity index (χ1v) is 6.55. The molecule has 0 saturated carbocycles. The van der Waals surface area contributed by atoms with Gasteiger partial charge in [-0.3, -0.25) is 9.88 Å². The van der Waals surface area contributed by atoms with Gasteiger partial charge in [0.1, 0.15) is 5.82 Å². The van der Waals surface area contributed by atoms with E-state index < -0.39 is 0 Å². The van der Waals surface area contributed by atoms with E-state index in [2.05, 4.69) is 15.3 Å². The van der Waals surface area contributed by atoms with Crippen LogP contribution in [0.25, 0.3) is 11.0 Å². The molecule has 0 aliphatic carbocycles. The Hall–Kier alpha value is -2.89. The topological polar surface area (TPSA) is 68.2 Å². The van der Waals surface area contributed by atoms with E-state index in [1.807, 2.05) is 28.8 Å². The van der Waals surface area contributed by atoms with Crippen LogP contribution in [0.1, 0.15) is 11.7 Å². The summed E-state index contributed by atoms with van der Waals surface area (Å²) in [5.74, 6) is 0.658. The maximum absolute atomic E-state index is 13.1. The van der Waals surface area contributed by atoms with Crippen molar-refractivity contribution in [3.63, 3.8) is 0 Å². The van der Waals surface area contributed by atoms with Gasteiger partial charge in [0.05, 0.1) is 11.0 Å². The second-order valence-corrected chi connectivity index (χ2v) is 4.86. The Bertz CT molecular complexity index is 850. The number of nitrogens with zero attached hydrogens (tertiary/aromatic N) is 3. The van der Waals surface area contributed by atoms with Gasteiger partial charge < -0.3 is 5.73 Å². The molecule has 1 atom stereocenters.